The van der Waals surface area contributed by atoms with Gasteiger partial charge in [0.05, 0.1) is 41.6 Å². The number of halogens is 1. The molecule has 0 spiro atoms. The Kier molecular flexibility index (Phi) is 4.41. The van der Waals surface area contributed by atoms with Gasteiger partial charge in [-0.1, -0.05) is 17.7 Å². The van der Waals surface area contributed by atoms with Crippen molar-refractivity contribution in [2.75, 3.05) is 12.8 Å². The summed E-state index contributed by atoms with van der Waals surface area (Å²) in [6, 6.07) is 7.62. The first-order valence-corrected chi connectivity index (χ1v) is 10.1. The highest BCUT2D eigenvalue weighted by molar-refractivity contribution is 6.34. The Morgan fingerprint density at radius 2 is 2.07 bits per heavy atom. The van der Waals surface area contributed by atoms with Gasteiger partial charge in [-0.05, 0) is 48.1 Å². The predicted octanol–water partition coefficient (Wildman–Crippen LogP) is 4.05. The molecule has 1 aliphatic carbocycles. The number of nitrogens with zero attached hydrogens (tertiary/aromatic N) is 3. The van der Waals surface area contributed by atoms with Crippen LogP contribution in [0.2, 0.25) is 5.02 Å². The van der Waals surface area contributed by atoms with Crippen molar-refractivity contribution in [3.8, 4) is 0 Å². The van der Waals surface area contributed by atoms with E-state index in [4.69, 9.17) is 22.1 Å². The highest BCUT2D eigenvalue weighted by Crippen LogP contribution is 2.39. The zero-order valence-corrected chi connectivity index (χ0v) is 16.9. The van der Waals surface area contributed by atoms with E-state index in [0.717, 1.165) is 22.2 Å². The summed E-state index contributed by atoms with van der Waals surface area (Å²) in [5.74, 6) is 0.966. The molecule has 3 aromatic rings. The number of carbonyl (C=O) groups excluding carboxylic acids is 1. The number of nitrogens with two attached hydrogens (primary N) is 1. The zero-order chi connectivity index (χ0) is 20.1. The molecule has 7 heteroatoms. The van der Waals surface area contributed by atoms with Crippen LogP contribution in [0, 0.1) is 0 Å². The maximum absolute atomic E-state index is 13.1. The Balaban J connectivity index is 1.43. The highest BCUT2D eigenvalue weighted by atomic mass is 35.5. The molecule has 0 saturated heterocycles. The van der Waals surface area contributed by atoms with Gasteiger partial charge < -0.3 is 15.4 Å². The molecular formula is C22H21ClN4O2. The zero-order valence-electron chi connectivity index (χ0n) is 16.1. The van der Waals surface area contributed by atoms with Gasteiger partial charge in [-0.3, -0.25) is 9.78 Å². The summed E-state index contributed by atoms with van der Waals surface area (Å²) < 4.78 is 5.54. The first-order valence-electron chi connectivity index (χ1n) is 9.70. The molecule has 1 amide bonds. The van der Waals surface area contributed by atoms with Crippen LogP contribution in [0.15, 0.2) is 30.5 Å². The number of aromatic nitrogens is 2. The lowest BCUT2D eigenvalue weighted by Gasteiger charge is -2.18. The largest absolute Gasteiger partial charge is 0.383 e. The number of pyridine rings is 2. The van der Waals surface area contributed by atoms with Crippen molar-refractivity contribution in [3.63, 3.8) is 0 Å². The molecule has 5 rings (SSSR count). The van der Waals surface area contributed by atoms with Crippen molar-refractivity contribution >= 4 is 34.2 Å². The van der Waals surface area contributed by atoms with Gasteiger partial charge in [0.25, 0.3) is 5.91 Å². The number of nitrogen functional groups attached to an aromatic ring is 1. The molecule has 148 valence electrons. The third kappa shape index (κ3) is 3.32. The first-order chi connectivity index (χ1) is 14.0. The number of amides is 1. The van der Waals surface area contributed by atoms with Gasteiger partial charge in [-0.2, -0.15) is 0 Å². The summed E-state index contributed by atoms with van der Waals surface area (Å²) in [5.41, 5.74) is 11.2. The standard InChI is InChI=1S/C22H21ClN4O2/c1-27(9-14-5-4-13(8-25-14)12-2-3-12)22(28)16-6-15-17-10-29-11-18(17)21(24)26-20(15)7-19(16)23/h4-8,12H,2-3,9-11H2,1H3,(H2,24,26). The molecule has 3 heterocycles. The van der Waals surface area contributed by atoms with Crippen molar-refractivity contribution in [1.29, 1.82) is 0 Å². The van der Waals surface area contributed by atoms with Crippen LogP contribution in [-0.2, 0) is 24.5 Å². The van der Waals surface area contributed by atoms with Crippen molar-refractivity contribution in [2.24, 2.45) is 0 Å². The van der Waals surface area contributed by atoms with Gasteiger partial charge in [-0.25, -0.2) is 4.98 Å². The van der Waals surface area contributed by atoms with E-state index in [9.17, 15) is 4.79 Å². The maximum Gasteiger partial charge on any atom is 0.255 e. The Bertz CT molecular complexity index is 1130. The minimum absolute atomic E-state index is 0.158. The molecule has 29 heavy (non-hydrogen) atoms. The number of hydrogen-bond acceptors (Lipinski definition) is 5. The fourth-order valence-electron chi connectivity index (χ4n) is 3.86. The second-order valence-electron chi connectivity index (χ2n) is 7.81. The SMILES string of the molecule is CN(Cc1ccc(C2CC2)cn1)C(=O)c1cc2c3c(c(N)nc2cc1Cl)COC3. The minimum Gasteiger partial charge on any atom is -0.383 e. The molecule has 0 atom stereocenters. The minimum atomic E-state index is -0.158. The van der Waals surface area contributed by atoms with Crippen LogP contribution in [0.25, 0.3) is 10.9 Å². The third-order valence-electron chi connectivity index (χ3n) is 5.69. The fourth-order valence-corrected chi connectivity index (χ4v) is 4.10. The molecule has 2 N–H and O–H groups in total. The van der Waals surface area contributed by atoms with E-state index in [2.05, 4.69) is 16.0 Å². The summed E-state index contributed by atoms with van der Waals surface area (Å²) in [6.45, 7) is 1.32. The Morgan fingerprint density at radius 3 is 2.79 bits per heavy atom. The molecule has 2 aromatic heterocycles. The molecule has 6 nitrogen and oxygen atoms in total. The first kappa shape index (κ1) is 18.3. The quantitative estimate of drug-likeness (QED) is 0.704. The van der Waals surface area contributed by atoms with Crippen LogP contribution in [0.5, 0.6) is 0 Å². The summed E-state index contributed by atoms with van der Waals surface area (Å²) >= 11 is 6.44. The third-order valence-corrected chi connectivity index (χ3v) is 6.00. The van der Waals surface area contributed by atoms with E-state index in [-0.39, 0.29) is 5.91 Å². The predicted molar refractivity (Wildman–Crippen MR) is 112 cm³/mol. The number of fused-ring (bicyclic) bond motifs is 3. The van der Waals surface area contributed by atoms with Crippen LogP contribution >= 0.6 is 11.6 Å². The monoisotopic (exact) mass is 408 g/mol. The Hall–Kier alpha value is -2.70. The Morgan fingerprint density at radius 1 is 1.28 bits per heavy atom. The van der Waals surface area contributed by atoms with E-state index in [1.54, 1.807) is 24.1 Å². The number of rotatable bonds is 4. The number of ether oxygens (including phenoxy) is 1. The van der Waals surface area contributed by atoms with E-state index >= 15 is 0 Å². The molecule has 1 saturated carbocycles. The molecular weight excluding hydrogens is 388 g/mol. The van der Waals surface area contributed by atoms with Gasteiger partial charge >= 0.3 is 0 Å². The van der Waals surface area contributed by atoms with Crippen LogP contribution in [0.3, 0.4) is 0 Å². The number of hydrogen-bond donors (Lipinski definition) is 1. The van der Waals surface area contributed by atoms with Gasteiger partial charge in [0.2, 0.25) is 0 Å². The molecule has 2 aliphatic rings. The normalized spacial score (nSPS) is 15.5. The lowest BCUT2D eigenvalue weighted by molar-refractivity contribution is 0.0783. The molecule has 0 radical (unpaired) electrons. The van der Waals surface area contributed by atoms with Crippen molar-refractivity contribution < 1.29 is 9.53 Å². The van der Waals surface area contributed by atoms with Crippen molar-refractivity contribution in [2.45, 2.75) is 38.5 Å². The van der Waals surface area contributed by atoms with E-state index in [0.29, 0.717) is 47.6 Å². The number of carbonyl (C=O) groups is 1. The average molecular weight is 409 g/mol. The highest BCUT2D eigenvalue weighted by Gasteiger charge is 2.25. The topological polar surface area (TPSA) is 81.3 Å². The summed E-state index contributed by atoms with van der Waals surface area (Å²) in [5, 5.41) is 1.22. The smallest absolute Gasteiger partial charge is 0.255 e. The van der Waals surface area contributed by atoms with Gasteiger partial charge in [0, 0.05) is 24.2 Å². The lowest BCUT2D eigenvalue weighted by Crippen LogP contribution is -2.27. The molecule has 1 fully saturated rings. The van der Waals surface area contributed by atoms with Crippen molar-refractivity contribution in [1.82, 2.24) is 14.9 Å². The molecule has 0 unspecified atom stereocenters. The van der Waals surface area contributed by atoms with Gasteiger partial charge in [-0.15, -0.1) is 0 Å². The van der Waals surface area contributed by atoms with E-state index in [1.807, 2.05) is 12.3 Å². The second kappa shape index (κ2) is 6.97. The Labute approximate surface area is 173 Å². The van der Waals surface area contributed by atoms with Gasteiger partial charge in [0.15, 0.2) is 0 Å². The summed E-state index contributed by atoms with van der Waals surface area (Å²) in [6.07, 6.45) is 4.41. The fraction of sp³-hybridized carbons (Fsp3) is 0.318. The van der Waals surface area contributed by atoms with Crippen molar-refractivity contribution in [3.05, 3.63) is 63.4 Å². The molecule has 1 aliphatic heterocycles. The van der Waals surface area contributed by atoms with Gasteiger partial charge in [0.1, 0.15) is 5.82 Å². The number of benzene rings is 1. The molecule has 0 bridgehead atoms. The van der Waals surface area contributed by atoms with Crippen LogP contribution < -0.4 is 5.73 Å². The lowest BCUT2D eigenvalue weighted by atomic mass is 10.0. The maximum atomic E-state index is 13.1. The second-order valence-corrected chi connectivity index (χ2v) is 8.22. The average Bonchev–Trinajstić information content (AvgIpc) is 3.43. The summed E-state index contributed by atoms with van der Waals surface area (Å²) in [7, 11) is 1.76. The molecule has 1 aromatic carbocycles. The van der Waals surface area contributed by atoms with E-state index in [1.165, 1.54) is 18.4 Å². The summed E-state index contributed by atoms with van der Waals surface area (Å²) in [4.78, 5) is 23.7. The van der Waals surface area contributed by atoms with Crippen LogP contribution in [-0.4, -0.2) is 27.8 Å². The van der Waals surface area contributed by atoms with Crippen LogP contribution in [0.4, 0.5) is 5.82 Å². The van der Waals surface area contributed by atoms with Crippen LogP contribution in [0.1, 0.15) is 51.5 Å². The number of anilines is 1. The van der Waals surface area contributed by atoms with E-state index < -0.39 is 0 Å².